The van der Waals surface area contributed by atoms with E-state index in [1.807, 2.05) is 67.6 Å². The molecule has 0 bridgehead atoms. The first-order valence-corrected chi connectivity index (χ1v) is 9.40. The van der Waals surface area contributed by atoms with Crippen molar-refractivity contribution in [2.24, 2.45) is 0 Å². The van der Waals surface area contributed by atoms with Crippen molar-refractivity contribution in [1.82, 2.24) is 10.6 Å². The molecule has 0 saturated carbocycles. The molecule has 0 unspecified atom stereocenters. The second-order valence-electron chi connectivity index (χ2n) is 6.65. The molecule has 0 aliphatic heterocycles. The van der Waals surface area contributed by atoms with Crippen molar-refractivity contribution in [2.75, 3.05) is 0 Å². The Morgan fingerprint density at radius 2 is 1.52 bits per heavy atom. The van der Waals surface area contributed by atoms with Crippen LogP contribution >= 0.6 is 0 Å². The van der Waals surface area contributed by atoms with E-state index in [2.05, 4.69) is 17.6 Å². The van der Waals surface area contributed by atoms with Crippen LogP contribution in [0.2, 0.25) is 0 Å². The molecule has 2 amide bonds. The number of nitrogens with one attached hydrogen (secondary N) is 2. The molecule has 27 heavy (non-hydrogen) atoms. The number of alkyl carbamates (subject to hydrolysis) is 1. The third-order valence-corrected chi connectivity index (χ3v) is 4.21. The van der Waals surface area contributed by atoms with E-state index in [1.54, 1.807) is 0 Å². The molecule has 2 rings (SSSR count). The van der Waals surface area contributed by atoms with Crippen molar-refractivity contribution in [1.29, 1.82) is 0 Å². The van der Waals surface area contributed by atoms with Gasteiger partial charge < -0.3 is 15.4 Å². The lowest BCUT2D eigenvalue weighted by Crippen LogP contribution is -2.50. The summed E-state index contributed by atoms with van der Waals surface area (Å²) in [6.45, 7) is 4.20. The molecular formula is C22H28N2O3. The normalized spacial score (nSPS) is 12.7. The van der Waals surface area contributed by atoms with Crippen LogP contribution in [0.15, 0.2) is 60.7 Å². The third kappa shape index (κ3) is 7.52. The Hall–Kier alpha value is -2.82. The lowest BCUT2D eigenvalue weighted by molar-refractivity contribution is -0.123. The first kappa shape index (κ1) is 20.5. The molecule has 0 saturated heterocycles. The maximum atomic E-state index is 12.7. The zero-order valence-corrected chi connectivity index (χ0v) is 16.0. The summed E-state index contributed by atoms with van der Waals surface area (Å²) in [5.74, 6) is -0.198. The van der Waals surface area contributed by atoms with E-state index in [-0.39, 0.29) is 18.6 Å². The van der Waals surface area contributed by atoms with Crippen molar-refractivity contribution in [3.05, 3.63) is 71.8 Å². The minimum Gasteiger partial charge on any atom is -0.445 e. The van der Waals surface area contributed by atoms with E-state index < -0.39 is 12.1 Å². The summed E-state index contributed by atoms with van der Waals surface area (Å²) in [7, 11) is 0. The Kier molecular flexibility index (Phi) is 8.36. The second kappa shape index (κ2) is 11.0. The summed E-state index contributed by atoms with van der Waals surface area (Å²) < 4.78 is 5.27. The van der Waals surface area contributed by atoms with Gasteiger partial charge in [0.05, 0.1) is 0 Å². The van der Waals surface area contributed by atoms with E-state index >= 15 is 0 Å². The molecule has 144 valence electrons. The fourth-order valence-electron chi connectivity index (χ4n) is 2.81. The van der Waals surface area contributed by atoms with Crippen molar-refractivity contribution in [3.8, 4) is 0 Å². The van der Waals surface area contributed by atoms with Gasteiger partial charge in [-0.2, -0.15) is 0 Å². The zero-order valence-electron chi connectivity index (χ0n) is 16.0. The van der Waals surface area contributed by atoms with E-state index in [4.69, 9.17) is 4.74 Å². The lowest BCUT2D eigenvalue weighted by Gasteiger charge is -2.21. The quantitative estimate of drug-likeness (QED) is 0.707. The first-order valence-electron chi connectivity index (χ1n) is 9.40. The molecule has 2 aromatic carbocycles. The molecule has 5 heteroatoms. The molecule has 0 aliphatic rings. The molecule has 0 radical (unpaired) electrons. The van der Waals surface area contributed by atoms with Gasteiger partial charge in [0.15, 0.2) is 0 Å². The van der Waals surface area contributed by atoms with Gasteiger partial charge in [0.2, 0.25) is 5.91 Å². The number of benzene rings is 2. The van der Waals surface area contributed by atoms with Crippen LogP contribution in [0.3, 0.4) is 0 Å². The molecule has 0 aromatic heterocycles. The topological polar surface area (TPSA) is 67.4 Å². The maximum Gasteiger partial charge on any atom is 0.408 e. The van der Waals surface area contributed by atoms with Crippen molar-refractivity contribution >= 4 is 12.0 Å². The van der Waals surface area contributed by atoms with Crippen LogP contribution in [-0.4, -0.2) is 24.1 Å². The van der Waals surface area contributed by atoms with Gasteiger partial charge in [-0.15, -0.1) is 0 Å². The number of hydrogen-bond acceptors (Lipinski definition) is 3. The van der Waals surface area contributed by atoms with E-state index in [1.165, 1.54) is 0 Å². The maximum absolute atomic E-state index is 12.7. The SMILES string of the molecule is CCC[C@H](C)NC(=O)[C@H](Cc1ccccc1)NC(=O)OCc1ccccc1. The van der Waals surface area contributed by atoms with Crippen LogP contribution < -0.4 is 10.6 Å². The molecule has 2 N–H and O–H groups in total. The number of amides is 2. The molecule has 2 atom stereocenters. The zero-order chi connectivity index (χ0) is 19.5. The predicted molar refractivity (Wildman–Crippen MR) is 106 cm³/mol. The highest BCUT2D eigenvalue weighted by Crippen LogP contribution is 2.06. The average molecular weight is 368 g/mol. The van der Waals surface area contributed by atoms with Crippen LogP contribution in [0.4, 0.5) is 4.79 Å². The smallest absolute Gasteiger partial charge is 0.408 e. The average Bonchev–Trinajstić information content (AvgIpc) is 2.67. The Labute approximate surface area is 161 Å². The van der Waals surface area contributed by atoms with Gasteiger partial charge in [0.1, 0.15) is 12.6 Å². The fraction of sp³-hybridized carbons (Fsp3) is 0.364. The van der Waals surface area contributed by atoms with Crippen LogP contribution in [0.1, 0.15) is 37.8 Å². The Morgan fingerprint density at radius 3 is 2.11 bits per heavy atom. The molecule has 2 aromatic rings. The summed E-state index contributed by atoms with van der Waals surface area (Å²) in [4.78, 5) is 24.9. The van der Waals surface area contributed by atoms with Crippen LogP contribution in [-0.2, 0) is 22.6 Å². The summed E-state index contributed by atoms with van der Waals surface area (Å²) in [6, 6.07) is 18.4. The third-order valence-electron chi connectivity index (χ3n) is 4.21. The second-order valence-corrected chi connectivity index (χ2v) is 6.65. The highest BCUT2D eigenvalue weighted by Gasteiger charge is 2.23. The number of carbonyl (C=O) groups excluding carboxylic acids is 2. The van der Waals surface area contributed by atoms with Crippen molar-refractivity contribution < 1.29 is 14.3 Å². The number of carbonyl (C=O) groups is 2. The Bertz CT molecular complexity index is 704. The highest BCUT2D eigenvalue weighted by molar-refractivity contribution is 5.86. The molecule has 0 spiro atoms. The van der Waals surface area contributed by atoms with E-state index in [0.29, 0.717) is 6.42 Å². The minimum absolute atomic E-state index is 0.0583. The molecule has 5 nitrogen and oxygen atoms in total. The van der Waals surface area contributed by atoms with Gasteiger partial charge >= 0.3 is 6.09 Å². The standard InChI is InChI=1S/C22H28N2O3/c1-3-10-17(2)23-21(25)20(15-18-11-6-4-7-12-18)24-22(26)27-16-19-13-8-5-9-14-19/h4-9,11-14,17,20H,3,10,15-16H2,1-2H3,(H,23,25)(H,24,26)/t17-,20-/m0/s1. The lowest BCUT2D eigenvalue weighted by atomic mass is 10.0. The van der Waals surface area contributed by atoms with Crippen LogP contribution in [0, 0.1) is 0 Å². The monoisotopic (exact) mass is 368 g/mol. The summed E-state index contributed by atoms with van der Waals surface area (Å²) in [5.41, 5.74) is 1.87. The van der Waals surface area contributed by atoms with Gasteiger partial charge in [0, 0.05) is 12.5 Å². The van der Waals surface area contributed by atoms with Gasteiger partial charge in [-0.1, -0.05) is 74.0 Å². The fourth-order valence-corrected chi connectivity index (χ4v) is 2.81. The van der Waals surface area contributed by atoms with Gasteiger partial charge in [0.25, 0.3) is 0 Å². The Morgan fingerprint density at radius 1 is 0.926 bits per heavy atom. The highest BCUT2D eigenvalue weighted by atomic mass is 16.5. The molecule has 0 heterocycles. The largest absolute Gasteiger partial charge is 0.445 e. The Balaban J connectivity index is 1.97. The number of hydrogen-bond donors (Lipinski definition) is 2. The molecular weight excluding hydrogens is 340 g/mol. The van der Waals surface area contributed by atoms with E-state index in [0.717, 1.165) is 24.0 Å². The summed E-state index contributed by atoms with van der Waals surface area (Å²) >= 11 is 0. The number of ether oxygens (including phenoxy) is 1. The minimum atomic E-state index is -0.685. The predicted octanol–water partition coefficient (Wildman–Crippen LogP) is 3.83. The van der Waals surface area contributed by atoms with Gasteiger partial charge in [-0.25, -0.2) is 4.79 Å². The van der Waals surface area contributed by atoms with Crippen LogP contribution in [0.25, 0.3) is 0 Å². The van der Waals surface area contributed by atoms with Crippen molar-refractivity contribution in [3.63, 3.8) is 0 Å². The van der Waals surface area contributed by atoms with Gasteiger partial charge in [-0.3, -0.25) is 4.79 Å². The first-order chi connectivity index (χ1) is 13.1. The van der Waals surface area contributed by atoms with Gasteiger partial charge in [-0.05, 0) is 24.5 Å². The summed E-state index contributed by atoms with van der Waals surface area (Å²) in [5, 5.41) is 5.68. The molecule has 0 fully saturated rings. The molecule has 0 aliphatic carbocycles. The van der Waals surface area contributed by atoms with E-state index in [9.17, 15) is 9.59 Å². The van der Waals surface area contributed by atoms with Crippen molar-refractivity contribution in [2.45, 2.75) is 51.8 Å². The summed E-state index contributed by atoms with van der Waals surface area (Å²) in [6.07, 6.45) is 1.68. The van der Waals surface area contributed by atoms with Crippen LogP contribution in [0.5, 0.6) is 0 Å². The number of rotatable bonds is 9.